The van der Waals surface area contributed by atoms with Crippen molar-refractivity contribution >= 4 is 35.3 Å². The molecule has 2 heterocycles. The summed E-state index contributed by atoms with van der Waals surface area (Å²) in [5.74, 6) is -4.13. The van der Waals surface area contributed by atoms with Crippen LogP contribution >= 0.6 is 23.5 Å². The van der Waals surface area contributed by atoms with E-state index < -0.39 is 258 Å². The number of hydrogen-bond acceptors (Lipinski definition) is 10. The molecule has 0 spiro atoms. The lowest BCUT2D eigenvalue weighted by Gasteiger charge is -2.28. The van der Waals surface area contributed by atoms with Gasteiger partial charge in [-0.2, -0.15) is 36.3 Å². The highest BCUT2D eigenvalue weighted by molar-refractivity contribution is 7.98. The molecule has 0 unspecified atom stereocenters. The lowest BCUT2D eigenvalue weighted by Crippen LogP contribution is -2.40. The third-order valence-electron chi connectivity index (χ3n) is 14.7. The summed E-state index contributed by atoms with van der Waals surface area (Å²) in [4.78, 5) is 67.3. The number of alkyl halides is 6. The minimum atomic E-state index is -5.19. The second kappa shape index (κ2) is 32.7. The molecule has 2 amide bonds. The largest absolute Gasteiger partial charge is 0.416 e. The maximum atomic E-state index is 14.8. The standard InChI is InChI=1S/C37H40F4N4O2S.C36H38F4N4O2S/c1-4-43(5-2)19-20-44(22-26-9-13-28(14-10-26)29-15-18-32(25(3)21-29)37(39,40)41)34(46)23-45-33-8-6-7-31(33)35(47)42-36(45)48-24-27-11-16-30(38)17-12-27;1-3-42(4-2)20-21-43(22-25-8-12-27(13-9-25)28-14-16-29(17-15-28)36(38,39)40)33(45)23-44-32-7-5-6-31(32)34(46)41-35(44)47-24-26-10-18-30(37)19-11-26/h9-18,21H,4-8,19-20,22-24H2,1-3H3;8-19H,3-7,20-24H2,1-2H3/i4D2,5D2,6D2,7D2,8D2,9D,10D,13D,14D,15D,18D,21D,24D2;3D2,4D2,10D,11D,18D,19D,24D2. The number of benzene rings is 6. The predicted molar refractivity (Wildman–Crippen MR) is 358 cm³/mol. The van der Waals surface area contributed by atoms with Crippen molar-refractivity contribution in [2.75, 3.05) is 52.2 Å². The highest BCUT2D eigenvalue weighted by Gasteiger charge is 2.33. The number of carbonyl (C=O) groups is 2. The third-order valence-corrected chi connectivity index (χ3v) is 16.3. The van der Waals surface area contributed by atoms with Crippen molar-refractivity contribution in [2.45, 2.75) is 133 Å². The highest BCUT2D eigenvalue weighted by Crippen LogP contribution is 2.36. The Kier molecular flexibility index (Phi) is 14.4. The first-order valence-corrected chi connectivity index (χ1v) is 30.5. The van der Waals surface area contributed by atoms with Crippen molar-refractivity contribution in [1.29, 1.82) is 0 Å². The number of nitrogens with zero attached hydrogens (tertiary/aromatic N) is 8. The number of aromatic nitrogens is 4. The van der Waals surface area contributed by atoms with E-state index in [1.807, 2.05) is 0 Å². The third kappa shape index (κ3) is 19.0. The van der Waals surface area contributed by atoms with Gasteiger partial charge in [0.05, 0.1) is 26.2 Å². The van der Waals surface area contributed by atoms with Crippen LogP contribution in [0.15, 0.2) is 159 Å². The lowest BCUT2D eigenvalue weighted by atomic mass is 9.98. The minimum absolute atomic E-state index is 0.0671. The van der Waals surface area contributed by atoms with Crippen LogP contribution in [0, 0.1) is 18.6 Å². The summed E-state index contributed by atoms with van der Waals surface area (Å²) in [5, 5.41) is -1.15. The van der Waals surface area contributed by atoms with Crippen LogP contribution in [0.2, 0.25) is 0 Å². The quantitative estimate of drug-likeness (QED) is 0.0295. The molecule has 0 aliphatic heterocycles. The molecule has 0 saturated heterocycles. The summed E-state index contributed by atoms with van der Waals surface area (Å²) >= 11 is 0.324. The zero-order chi connectivity index (χ0) is 93.7. The zero-order valence-electron chi connectivity index (χ0n) is 80.3. The Labute approximate surface area is 598 Å². The van der Waals surface area contributed by atoms with Gasteiger partial charge in [0.2, 0.25) is 11.8 Å². The van der Waals surface area contributed by atoms with E-state index in [9.17, 15) is 54.3 Å². The molecule has 0 fully saturated rings. The molecule has 95 heavy (non-hydrogen) atoms. The molecule has 502 valence electrons. The maximum absolute atomic E-state index is 14.8. The number of likely N-dealkylation sites (N-methyl/N-ethyl adjacent to an activating group) is 2. The van der Waals surface area contributed by atoms with Crippen LogP contribution in [0.25, 0.3) is 22.3 Å². The van der Waals surface area contributed by atoms with Gasteiger partial charge < -0.3 is 28.7 Å². The van der Waals surface area contributed by atoms with Crippen LogP contribution < -0.4 is 11.1 Å². The van der Waals surface area contributed by atoms with E-state index in [1.165, 1.54) is 35.4 Å². The van der Waals surface area contributed by atoms with E-state index in [4.69, 9.17) is 39.8 Å². The lowest BCUT2D eigenvalue weighted by molar-refractivity contribution is -0.138. The summed E-state index contributed by atoms with van der Waals surface area (Å²) in [6.07, 6.45) is -19.0. The molecule has 10 rings (SSSR count). The first kappa shape index (κ1) is 41.9. The van der Waals surface area contributed by atoms with Crippen molar-refractivity contribution in [2.24, 2.45) is 0 Å². The van der Waals surface area contributed by atoms with Crippen molar-refractivity contribution in [3.63, 3.8) is 0 Å². The molecule has 6 aromatic carbocycles. The second-order valence-electron chi connectivity index (χ2n) is 20.8. The average Bonchev–Trinajstić information content (AvgIpc) is 1.50. The maximum Gasteiger partial charge on any atom is 0.416 e. The second-order valence-corrected chi connectivity index (χ2v) is 22.3. The summed E-state index contributed by atoms with van der Waals surface area (Å²) in [5.41, 5.74) is -14.3. The molecule has 0 radical (unpaired) electrons. The average molecular weight is 1380 g/mol. The summed E-state index contributed by atoms with van der Waals surface area (Å²) < 4.78 is 356. The Morgan fingerprint density at radius 1 is 0.547 bits per heavy atom. The summed E-state index contributed by atoms with van der Waals surface area (Å²) in [7, 11) is 0. The van der Waals surface area contributed by atoms with Gasteiger partial charge in [-0.15, -0.1) is 0 Å². The Bertz CT molecular complexity index is 5480. The van der Waals surface area contributed by atoms with Crippen molar-refractivity contribution < 1.29 is 84.5 Å². The van der Waals surface area contributed by atoms with E-state index in [1.54, 1.807) is 24.3 Å². The van der Waals surface area contributed by atoms with Crippen molar-refractivity contribution in [1.82, 2.24) is 38.7 Å². The van der Waals surface area contributed by atoms with Gasteiger partial charge in [0.25, 0.3) is 11.1 Å². The minimum Gasteiger partial charge on any atom is -0.336 e. The summed E-state index contributed by atoms with van der Waals surface area (Å²) in [6.45, 7) is -8.98. The topological polar surface area (TPSA) is 117 Å². The number of fused-ring (bicyclic) bond motifs is 2. The van der Waals surface area contributed by atoms with Gasteiger partial charge in [0, 0.05) is 97.9 Å². The van der Waals surface area contributed by atoms with Crippen LogP contribution in [0.4, 0.5) is 35.1 Å². The van der Waals surface area contributed by atoms with Crippen LogP contribution in [-0.2, 0) is 85.1 Å². The van der Waals surface area contributed by atoms with E-state index >= 15 is 0 Å². The molecular weight excluding hydrogens is 1270 g/mol. The van der Waals surface area contributed by atoms with Crippen molar-refractivity contribution in [3.05, 3.63) is 233 Å². The fourth-order valence-corrected chi connectivity index (χ4v) is 11.2. The highest BCUT2D eigenvalue weighted by atomic mass is 32.2. The van der Waals surface area contributed by atoms with Crippen LogP contribution in [-0.4, -0.2) is 103 Å². The number of rotatable bonds is 26. The first-order valence-electron chi connectivity index (χ1n) is 43.4. The van der Waals surface area contributed by atoms with Gasteiger partial charge in [-0.05, 0) is 164 Å². The number of hydrogen-bond donors (Lipinski definition) is 0. The molecule has 22 heteroatoms. The molecule has 2 aromatic heterocycles. The SMILES string of the molecule is [2H]c1c([2H])c(-c2c([2H])c([2H])c(C(F)(F)F)c(C)c2[2H])c([2H])c([2H])c1CN(CCN(C([2H])([2H])C)C([2H])([2H])C)C(=O)Cn1c(SC([2H])([2H])c2ccc(F)cc2)nc(=O)c2c1C([2H])([2H])C([2H])([2H])C2([2H])[2H].[2H]c1c([2H])c(C([2H])([2H])Sc2nc(=O)c3c(n2CC(=O)N(CCN(C([2H])([2H])C)C([2H])([2H])C)Cc2ccc(-c4ccc(C(F)(F)F)cc4)cc2)CCC3)c([2H])c([2H])c1F. The molecule has 12 nitrogen and oxygen atoms in total. The molecule has 0 atom stereocenters. The number of carbonyl (C=O) groups excluding carboxylic acids is 2. The zero-order valence-corrected chi connectivity index (χ0v) is 52.9. The van der Waals surface area contributed by atoms with E-state index in [-0.39, 0.29) is 53.9 Å². The van der Waals surface area contributed by atoms with Crippen LogP contribution in [0.3, 0.4) is 0 Å². The monoisotopic (exact) mass is 1380 g/mol. The summed E-state index contributed by atoms with van der Waals surface area (Å²) in [6, 6.07) is 3.17. The van der Waals surface area contributed by atoms with Crippen LogP contribution in [0.1, 0.15) is 142 Å². The van der Waals surface area contributed by atoms with Gasteiger partial charge >= 0.3 is 12.4 Å². The molecule has 0 N–H and O–H groups in total. The van der Waals surface area contributed by atoms with Gasteiger partial charge in [0.1, 0.15) is 24.7 Å². The molecule has 8 aromatic rings. The molecule has 2 aliphatic carbocycles. The first-order chi connectivity index (χ1) is 56.6. The Morgan fingerprint density at radius 2 is 1.04 bits per heavy atom. The van der Waals surface area contributed by atoms with Gasteiger partial charge in [-0.3, -0.25) is 19.2 Å². The van der Waals surface area contributed by atoms with E-state index in [0.29, 0.717) is 61.6 Å². The predicted octanol–water partition coefficient (Wildman–Crippen LogP) is 14.7. The van der Waals surface area contributed by atoms with Gasteiger partial charge in [-0.1, -0.05) is 148 Å². The van der Waals surface area contributed by atoms with Gasteiger partial charge in [-0.25, -0.2) is 8.78 Å². The van der Waals surface area contributed by atoms with Crippen molar-refractivity contribution in [3.8, 4) is 22.3 Å². The van der Waals surface area contributed by atoms with Gasteiger partial charge in [0.15, 0.2) is 10.3 Å². The molecule has 0 saturated carbocycles. The smallest absolute Gasteiger partial charge is 0.336 e. The Morgan fingerprint density at radius 3 is 1.59 bits per heavy atom. The fraction of sp³-hybridized carbons (Fsp3) is 0.370. The van der Waals surface area contributed by atoms with Crippen LogP contribution in [0.5, 0.6) is 0 Å². The Balaban J connectivity index is 0.000000285. The number of thioether (sulfide) groups is 2. The fourth-order valence-electron chi connectivity index (χ4n) is 9.73. The van der Waals surface area contributed by atoms with E-state index in [2.05, 4.69) is 9.97 Å². The normalized spacial score (nSPS) is 19.8. The number of halogens is 8. The Hall–Kier alpha value is -7.92. The molecular formula is C73H78F8N8O4S2. The van der Waals surface area contributed by atoms with E-state index in [0.717, 1.165) is 62.1 Å². The molecule has 0 bridgehead atoms. The molecule has 2 aliphatic rings. The number of amides is 2.